The second-order valence-electron chi connectivity index (χ2n) is 4.16. The van der Waals surface area contributed by atoms with Crippen LogP contribution in [0.4, 0.5) is 19.1 Å². The third-order valence-electron chi connectivity index (χ3n) is 2.89. The number of hydrogen-bond acceptors (Lipinski definition) is 5. The van der Waals surface area contributed by atoms with Gasteiger partial charge in [0, 0.05) is 30.9 Å². The zero-order chi connectivity index (χ0) is 13.3. The van der Waals surface area contributed by atoms with E-state index in [4.69, 9.17) is 10.0 Å². The summed E-state index contributed by atoms with van der Waals surface area (Å²) in [6.07, 6.45) is -1.80. The maximum absolute atomic E-state index is 12.5. The molecule has 0 radical (unpaired) electrons. The molecule has 2 heterocycles. The van der Waals surface area contributed by atoms with Crippen LogP contribution in [-0.4, -0.2) is 46.4 Å². The Morgan fingerprint density at radius 1 is 1.28 bits per heavy atom. The SMILES string of the molecule is OB(O)c1cnc(N2CCC(C(F)(F)F)C2)nc1. The Labute approximate surface area is 101 Å². The summed E-state index contributed by atoms with van der Waals surface area (Å²) in [5, 5.41) is 17.7. The maximum Gasteiger partial charge on any atom is 0.491 e. The minimum Gasteiger partial charge on any atom is -0.423 e. The second kappa shape index (κ2) is 4.73. The molecule has 1 aliphatic heterocycles. The third kappa shape index (κ3) is 2.73. The van der Waals surface area contributed by atoms with E-state index in [-0.39, 0.29) is 30.9 Å². The molecule has 5 nitrogen and oxygen atoms in total. The Morgan fingerprint density at radius 2 is 1.89 bits per heavy atom. The van der Waals surface area contributed by atoms with E-state index < -0.39 is 19.2 Å². The van der Waals surface area contributed by atoms with Gasteiger partial charge < -0.3 is 14.9 Å². The van der Waals surface area contributed by atoms with Crippen molar-refractivity contribution in [2.75, 3.05) is 18.0 Å². The zero-order valence-electron chi connectivity index (χ0n) is 9.30. The predicted molar refractivity (Wildman–Crippen MR) is 58.2 cm³/mol. The Morgan fingerprint density at radius 3 is 2.33 bits per heavy atom. The lowest BCUT2D eigenvalue weighted by Crippen LogP contribution is -2.32. The Kier molecular flexibility index (Phi) is 3.44. The minimum atomic E-state index is -4.20. The highest BCUT2D eigenvalue weighted by molar-refractivity contribution is 6.58. The quantitative estimate of drug-likeness (QED) is 0.705. The molecular weight excluding hydrogens is 250 g/mol. The first-order valence-electron chi connectivity index (χ1n) is 5.37. The summed E-state index contributed by atoms with van der Waals surface area (Å²) in [5.41, 5.74) is 0.102. The van der Waals surface area contributed by atoms with E-state index in [0.717, 1.165) is 0 Å². The van der Waals surface area contributed by atoms with Gasteiger partial charge in [0.2, 0.25) is 5.95 Å². The summed E-state index contributed by atoms with van der Waals surface area (Å²) in [7, 11) is -1.68. The molecule has 0 aromatic carbocycles. The first-order valence-corrected chi connectivity index (χ1v) is 5.37. The summed E-state index contributed by atoms with van der Waals surface area (Å²) < 4.78 is 37.5. The summed E-state index contributed by atoms with van der Waals surface area (Å²) in [5.74, 6) is -1.18. The van der Waals surface area contributed by atoms with Crippen LogP contribution in [0.15, 0.2) is 12.4 Å². The van der Waals surface area contributed by atoms with Gasteiger partial charge in [-0.05, 0) is 6.42 Å². The summed E-state index contributed by atoms with van der Waals surface area (Å²) in [6.45, 7) is 0.0791. The molecule has 0 amide bonds. The lowest BCUT2D eigenvalue weighted by atomic mass is 9.83. The summed E-state index contributed by atoms with van der Waals surface area (Å²) in [4.78, 5) is 9.09. The Balaban J connectivity index is 2.05. The van der Waals surface area contributed by atoms with Gasteiger partial charge in [-0.25, -0.2) is 9.97 Å². The molecular formula is C9H11BF3N3O2. The average Bonchev–Trinajstić information content (AvgIpc) is 2.78. The van der Waals surface area contributed by atoms with Gasteiger partial charge in [-0.1, -0.05) is 0 Å². The number of halogens is 3. The molecule has 1 unspecified atom stereocenters. The fraction of sp³-hybridized carbons (Fsp3) is 0.556. The van der Waals surface area contributed by atoms with Gasteiger partial charge in [0.1, 0.15) is 0 Å². The van der Waals surface area contributed by atoms with Crippen molar-refractivity contribution in [1.82, 2.24) is 9.97 Å². The molecule has 18 heavy (non-hydrogen) atoms. The van der Waals surface area contributed by atoms with Gasteiger partial charge in [0.05, 0.1) is 5.92 Å². The van der Waals surface area contributed by atoms with Crippen LogP contribution in [0.5, 0.6) is 0 Å². The molecule has 2 rings (SSSR count). The molecule has 1 aromatic heterocycles. The zero-order valence-corrected chi connectivity index (χ0v) is 9.30. The van der Waals surface area contributed by atoms with Gasteiger partial charge in [0.15, 0.2) is 0 Å². The van der Waals surface area contributed by atoms with Crippen molar-refractivity contribution in [3.63, 3.8) is 0 Å². The van der Waals surface area contributed by atoms with E-state index in [1.807, 2.05) is 0 Å². The van der Waals surface area contributed by atoms with Crippen LogP contribution in [0.2, 0.25) is 0 Å². The average molecular weight is 261 g/mol. The van der Waals surface area contributed by atoms with Crippen LogP contribution in [0.25, 0.3) is 0 Å². The molecule has 98 valence electrons. The van der Waals surface area contributed by atoms with E-state index in [9.17, 15) is 13.2 Å². The highest BCUT2D eigenvalue weighted by Crippen LogP contribution is 2.34. The monoisotopic (exact) mass is 261 g/mol. The van der Waals surface area contributed by atoms with E-state index in [1.54, 1.807) is 0 Å². The van der Waals surface area contributed by atoms with Crippen molar-refractivity contribution >= 4 is 18.5 Å². The fourth-order valence-electron chi connectivity index (χ4n) is 1.84. The van der Waals surface area contributed by atoms with Crippen LogP contribution < -0.4 is 10.4 Å². The second-order valence-corrected chi connectivity index (χ2v) is 4.16. The number of nitrogens with zero attached hydrogens (tertiary/aromatic N) is 3. The van der Waals surface area contributed by atoms with Gasteiger partial charge in [-0.15, -0.1) is 0 Å². The van der Waals surface area contributed by atoms with Crippen molar-refractivity contribution in [2.45, 2.75) is 12.6 Å². The molecule has 1 saturated heterocycles. The van der Waals surface area contributed by atoms with Crippen LogP contribution in [0, 0.1) is 5.92 Å². The smallest absolute Gasteiger partial charge is 0.423 e. The van der Waals surface area contributed by atoms with Crippen molar-refractivity contribution in [2.24, 2.45) is 5.92 Å². The normalized spacial score (nSPS) is 20.3. The summed E-state index contributed by atoms with van der Waals surface area (Å²) in [6, 6.07) is 0. The van der Waals surface area contributed by atoms with Crippen molar-refractivity contribution in [3.8, 4) is 0 Å². The topological polar surface area (TPSA) is 69.5 Å². The number of aromatic nitrogens is 2. The van der Waals surface area contributed by atoms with E-state index >= 15 is 0 Å². The van der Waals surface area contributed by atoms with Crippen LogP contribution >= 0.6 is 0 Å². The molecule has 1 fully saturated rings. The molecule has 1 aliphatic rings. The van der Waals surface area contributed by atoms with Crippen LogP contribution in [-0.2, 0) is 0 Å². The molecule has 0 spiro atoms. The molecule has 1 atom stereocenters. The number of alkyl halides is 3. The van der Waals surface area contributed by atoms with E-state index in [2.05, 4.69) is 9.97 Å². The number of rotatable bonds is 2. The van der Waals surface area contributed by atoms with Crippen molar-refractivity contribution in [3.05, 3.63) is 12.4 Å². The van der Waals surface area contributed by atoms with Gasteiger partial charge in [-0.3, -0.25) is 0 Å². The van der Waals surface area contributed by atoms with Crippen molar-refractivity contribution < 1.29 is 23.2 Å². The summed E-state index contributed by atoms with van der Waals surface area (Å²) >= 11 is 0. The lowest BCUT2D eigenvalue weighted by molar-refractivity contribution is -0.168. The molecule has 0 saturated carbocycles. The standard InChI is InChI=1S/C9H11BF3N3O2/c11-9(12,13)6-1-2-16(5-6)8-14-3-7(4-15-8)10(17)18/h3-4,6,17-18H,1-2,5H2. The molecule has 9 heteroatoms. The van der Waals surface area contributed by atoms with Crippen LogP contribution in [0.1, 0.15) is 6.42 Å². The Hall–Kier alpha value is -1.35. The maximum atomic E-state index is 12.5. The van der Waals surface area contributed by atoms with Gasteiger partial charge >= 0.3 is 13.3 Å². The highest BCUT2D eigenvalue weighted by Gasteiger charge is 2.44. The molecule has 1 aromatic rings. The van der Waals surface area contributed by atoms with Crippen molar-refractivity contribution in [1.29, 1.82) is 0 Å². The number of anilines is 1. The highest BCUT2D eigenvalue weighted by atomic mass is 19.4. The largest absolute Gasteiger partial charge is 0.491 e. The fourth-order valence-corrected chi connectivity index (χ4v) is 1.84. The number of hydrogen-bond donors (Lipinski definition) is 2. The molecule has 2 N–H and O–H groups in total. The first-order chi connectivity index (χ1) is 8.38. The third-order valence-corrected chi connectivity index (χ3v) is 2.89. The van der Waals surface area contributed by atoms with E-state index in [1.165, 1.54) is 17.3 Å². The Bertz CT molecular complexity index is 413. The van der Waals surface area contributed by atoms with Crippen LogP contribution in [0.3, 0.4) is 0 Å². The molecule has 0 bridgehead atoms. The first kappa shape index (κ1) is 13.1. The molecule has 0 aliphatic carbocycles. The lowest BCUT2D eigenvalue weighted by Gasteiger charge is -2.17. The van der Waals surface area contributed by atoms with Gasteiger partial charge in [0.25, 0.3) is 0 Å². The van der Waals surface area contributed by atoms with E-state index in [0.29, 0.717) is 0 Å². The van der Waals surface area contributed by atoms with Gasteiger partial charge in [-0.2, -0.15) is 13.2 Å². The predicted octanol–water partition coefficient (Wildman–Crippen LogP) is -0.455. The minimum absolute atomic E-state index is 0.0250.